The summed E-state index contributed by atoms with van der Waals surface area (Å²) in [4.78, 5) is 6.68. The van der Waals surface area contributed by atoms with E-state index in [1.807, 2.05) is 12.3 Å². The Morgan fingerprint density at radius 2 is 2.21 bits per heavy atom. The number of hydrogen-bond acceptors (Lipinski definition) is 3. The van der Waals surface area contributed by atoms with Gasteiger partial charge < -0.3 is 5.32 Å². The molecule has 0 radical (unpaired) electrons. The molecule has 1 aliphatic carbocycles. The molecular formula is C15H22ClN3. The van der Waals surface area contributed by atoms with Gasteiger partial charge in [0.25, 0.3) is 0 Å². The van der Waals surface area contributed by atoms with E-state index in [9.17, 15) is 0 Å². The Balaban J connectivity index is 1.60. The summed E-state index contributed by atoms with van der Waals surface area (Å²) in [6.07, 6.45) is 8.54. The summed E-state index contributed by atoms with van der Waals surface area (Å²) >= 11 is 5.97. The zero-order chi connectivity index (χ0) is 13.1. The number of hydrogen-bond donors (Lipinski definition) is 1. The summed E-state index contributed by atoms with van der Waals surface area (Å²) in [5, 5.41) is 4.25. The first kappa shape index (κ1) is 13.3. The van der Waals surface area contributed by atoms with Crippen LogP contribution in [0.3, 0.4) is 0 Å². The SMILES string of the molecule is Clc1cc(CN(CC2CCCCN2)C2CC2)ccn1. The van der Waals surface area contributed by atoms with Crippen LogP contribution in [0.25, 0.3) is 0 Å². The molecule has 1 N–H and O–H groups in total. The second-order valence-corrected chi connectivity index (χ2v) is 6.18. The van der Waals surface area contributed by atoms with Crippen LogP contribution in [-0.4, -0.2) is 35.1 Å². The second-order valence-electron chi connectivity index (χ2n) is 5.79. The molecule has 2 aliphatic rings. The van der Waals surface area contributed by atoms with Gasteiger partial charge >= 0.3 is 0 Å². The van der Waals surface area contributed by atoms with E-state index < -0.39 is 0 Å². The van der Waals surface area contributed by atoms with Crippen molar-refractivity contribution in [2.75, 3.05) is 13.1 Å². The van der Waals surface area contributed by atoms with E-state index in [-0.39, 0.29) is 0 Å². The number of aromatic nitrogens is 1. The number of halogens is 1. The fraction of sp³-hybridized carbons (Fsp3) is 0.667. The standard InChI is InChI=1S/C15H22ClN3/c16-15-9-12(6-8-18-15)10-19(14-4-5-14)11-13-3-1-2-7-17-13/h6,8-9,13-14,17H,1-5,7,10-11H2. The number of nitrogens with zero attached hydrogens (tertiary/aromatic N) is 2. The van der Waals surface area contributed by atoms with Crippen LogP contribution in [0.5, 0.6) is 0 Å². The van der Waals surface area contributed by atoms with Gasteiger partial charge in [-0.2, -0.15) is 0 Å². The van der Waals surface area contributed by atoms with Gasteiger partial charge in [0.1, 0.15) is 5.15 Å². The Morgan fingerprint density at radius 1 is 1.32 bits per heavy atom. The Kier molecular flexibility index (Phi) is 4.36. The van der Waals surface area contributed by atoms with Crippen molar-refractivity contribution in [3.8, 4) is 0 Å². The summed E-state index contributed by atoms with van der Waals surface area (Å²) in [5.41, 5.74) is 1.28. The molecular weight excluding hydrogens is 258 g/mol. The van der Waals surface area contributed by atoms with Crippen LogP contribution in [0.4, 0.5) is 0 Å². The lowest BCUT2D eigenvalue weighted by atomic mass is 10.0. The average Bonchev–Trinajstić information content (AvgIpc) is 3.23. The van der Waals surface area contributed by atoms with Crippen LogP contribution in [0, 0.1) is 0 Å². The third-order valence-electron chi connectivity index (χ3n) is 4.11. The number of rotatable bonds is 5. The molecule has 2 fully saturated rings. The lowest BCUT2D eigenvalue weighted by Crippen LogP contribution is -2.44. The fourth-order valence-electron chi connectivity index (χ4n) is 2.92. The molecule has 1 saturated heterocycles. The van der Waals surface area contributed by atoms with E-state index in [1.54, 1.807) is 0 Å². The highest BCUT2D eigenvalue weighted by molar-refractivity contribution is 6.29. The van der Waals surface area contributed by atoms with Gasteiger partial charge in [-0.1, -0.05) is 18.0 Å². The summed E-state index contributed by atoms with van der Waals surface area (Å²) in [7, 11) is 0. The predicted molar refractivity (Wildman–Crippen MR) is 78.3 cm³/mol. The molecule has 1 aromatic rings. The van der Waals surface area contributed by atoms with Crippen LogP contribution in [-0.2, 0) is 6.54 Å². The van der Waals surface area contributed by atoms with Gasteiger partial charge in [-0.05, 0) is 49.9 Å². The molecule has 3 nitrogen and oxygen atoms in total. The molecule has 19 heavy (non-hydrogen) atoms. The maximum atomic E-state index is 5.97. The minimum Gasteiger partial charge on any atom is -0.313 e. The van der Waals surface area contributed by atoms with Crippen LogP contribution in [0.2, 0.25) is 5.15 Å². The normalized spacial score (nSPS) is 23.8. The molecule has 2 heterocycles. The fourth-order valence-corrected chi connectivity index (χ4v) is 3.12. The minimum atomic E-state index is 0.601. The summed E-state index contributed by atoms with van der Waals surface area (Å²) in [6.45, 7) is 3.36. The van der Waals surface area contributed by atoms with Crippen molar-refractivity contribution in [3.63, 3.8) is 0 Å². The first-order valence-corrected chi connectivity index (χ1v) is 7.77. The molecule has 0 aromatic carbocycles. The third-order valence-corrected chi connectivity index (χ3v) is 4.31. The molecule has 0 spiro atoms. The lowest BCUT2D eigenvalue weighted by molar-refractivity contribution is 0.208. The van der Waals surface area contributed by atoms with E-state index in [1.165, 1.54) is 50.8 Å². The molecule has 1 atom stereocenters. The number of pyridine rings is 1. The number of piperidine rings is 1. The summed E-state index contributed by atoms with van der Waals surface area (Å²) < 4.78 is 0. The molecule has 104 valence electrons. The molecule has 1 aromatic heterocycles. The molecule has 1 saturated carbocycles. The highest BCUT2D eigenvalue weighted by Gasteiger charge is 2.30. The van der Waals surface area contributed by atoms with Crippen molar-refractivity contribution in [1.82, 2.24) is 15.2 Å². The Morgan fingerprint density at radius 3 is 2.89 bits per heavy atom. The van der Waals surface area contributed by atoms with Crippen LogP contribution >= 0.6 is 11.6 Å². The van der Waals surface area contributed by atoms with Crippen molar-refractivity contribution >= 4 is 11.6 Å². The molecule has 0 amide bonds. The van der Waals surface area contributed by atoms with E-state index in [0.29, 0.717) is 11.2 Å². The average molecular weight is 280 g/mol. The molecule has 4 heteroatoms. The monoisotopic (exact) mass is 279 g/mol. The third kappa shape index (κ3) is 3.91. The lowest BCUT2D eigenvalue weighted by Gasteiger charge is -2.30. The van der Waals surface area contributed by atoms with Crippen LogP contribution < -0.4 is 5.32 Å². The smallest absolute Gasteiger partial charge is 0.129 e. The van der Waals surface area contributed by atoms with Gasteiger partial charge in [-0.25, -0.2) is 4.98 Å². The van der Waals surface area contributed by atoms with Crippen molar-refractivity contribution < 1.29 is 0 Å². The highest BCUT2D eigenvalue weighted by atomic mass is 35.5. The second kappa shape index (κ2) is 6.21. The van der Waals surface area contributed by atoms with E-state index in [0.717, 1.165) is 12.6 Å². The van der Waals surface area contributed by atoms with Gasteiger partial charge in [0.05, 0.1) is 0 Å². The zero-order valence-electron chi connectivity index (χ0n) is 11.3. The van der Waals surface area contributed by atoms with Crippen LogP contribution in [0.1, 0.15) is 37.7 Å². The van der Waals surface area contributed by atoms with Gasteiger partial charge in [0, 0.05) is 31.4 Å². The van der Waals surface area contributed by atoms with Crippen LogP contribution in [0.15, 0.2) is 18.3 Å². The Labute approximate surface area is 120 Å². The minimum absolute atomic E-state index is 0.601. The summed E-state index contributed by atoms with van der Waals surface area (Å²) in [5.74, 6) is 0. The molecule has 1 aliphatic heterocycles. The highest BCUT2D eigenvalue weighted by Crippen LogP contribution is 2.29. The Bertz CT molecular complexity index is 414. The van der Waals surface area contributed by atoms with Crippen molar-refractivity contribution in [3.05, 3.63) is 29.0 Å². The zero-order valence-corrected chi connectivity index (χ0v) is 12.1. The summed E-state index contributed by atoms with van der Waals surface area (Å²) in [6, 6.07) is 5.53. The molecule has 1 unspecified atom stereocenters. The maximum Gasteiger partial charge on any atom is 0.129 e. The van der Waals surface area contributed by atoms with Gasteiger partial charge in [-0.3, -0.25) is 4.90 Å². The van der Waals surface area contributed by atoms with Gasteiger partial charge in [0.15, 0.2) is 0 Å². The van der Waals surface area contributed by atoms with Crippen molar-refractivity contribution in [2.24, 2.45) is 0 Å². The van der Waals surface area contributed by atoms with E-state index in [2.05, 4.69) is 21.3 Å². The predicted octanol–water partition coefficient (Wildman–Crippen LogP) is 2.84. The Hall–Kier alpha value is -0.640. The maximum absolute atomic E-state index is 5.97. The number of nitrogens with one attached hydrogen (secondary N) is 1. The molecule has 0 bridgehead atoms. The van der Waals surface area contributed by atoms with Gasteiger partial charge in [0.2, 0.25) is 0 Å². The van der Waals surface area contributed by atoms with E-state index in [4.69, 9.17) is 11.6 Å². The molecule has 3 rings (SSSR count). The quantitative estimate of drug-likeness (QED) is 0.840. The first-order chi connectivity index (χ1) is 9.31. The topological polar surface area (TPSA) is 28.2 Å². The largest absolute Gasteiger partial charge is 0.313 e. The first-order valence-electron chi connectivity index (χ1n) is 7.39. The van der Waals surface area contributed by atoms with Gasteiger partial charge in [-0.15, -0.1) is 0 Å². The van der Waals surface area contributed by atoms with E-state index >= 15 is 0 Å². The van der Waals surface area contributed by atoms with Crippen molar-refractivity contribution in [2.45, 2.75) is 50.7 Å². The van der Waals surface area contributed by atoms with Crippen molar-refractivity contribution in [1.29, 1.82) is 0 Å².